The summed E-state index contributed by atoms with van der Waals surface area (Å²) in [5.74, 6) is 0.470. The SMILES string of the molecule is O=C(NCCN1CCCC1)c1cccc(-c2ccnc(NCCc3ccc(Cl)c(Cl)c3)n2)c1. The van der Waals surface area contributed by atoms with Crippen LogP contribution in [-0.2, 0) is 6.42 Å². The van der Waals surface area contributed by atoms with Gasteiger partial charge in [-0.1, -0.05) is 41.4 Å². The van der Waals surface area contributed by atoms with E-state index in [0.717, 1.165) is 42.9 Å². The van der Waals surface area contributed by atoms with Crippen LogP contribution in [0.25, 0.3) is 11.3 Å². The van der Waals surface area contributed by atoms with E-state index in [2.05, 4.69) is 25.5 Å². The van der Waals surface area contributed by atoms with Gasteiger partial charge in [-0.2, -0.15) is 0 Å². The van der Waals surface area contributed by atoms with E-state index in [9.17, 15) is 4.79 Å². The van der Waals surface area contributed by atoms with Gasteiger partial charge in [0.2, 0.25) is 5.95 Å². The highest BCUT2D eigenvalue weighted by molar-refractivity contribution is 6.42. The largest absolute Gasteiger partial charge is 0.354 e. The summed E-state index contributed by atoms with van der Waals surface area (Å²) >= 11 is 12.1. The molecule has 8 heteroatoms. The van der Waals surface area contributed by atoms with E-state index in [4.69, 9.17) is 23.2 Å². The average molecular weight is 484 g/mol. The first-order chi connectivity index (χ1) is 16.1. The van der Waals surface area contributed by atoms with Crippen LogP contribution in [0.2, 0.25) is 10.0 Å². The van der Waals surface area contributed by atoms with Crippen molar-refractivity contribution in [3.8, 4) is 11.3 Å². The van der Waals surface area contributed by atoms with Gasteiger partial charge in [0, 0.05) is 37.0 Å². The van der Waals surface area contributed by atoms with Crippen molar-refractivity contribution in [3.63, 3.8) is 0 Å². The summed E-state index contributed by atoms with van der Waals surface area (Å²) in [6.45, 7) is 4.46. The molecule has 6 nitrogen and oxygen atoms in total. The Hall–Kier alpha value is -2.67. The summed E-state index contributed by atoms with van der Waals surface area (Å²) in [6, 6.07) is 15.0. The molecule has 0 aliphatic carbocycles. The molecule has 4 rings (SSSR count). The molecule has 33 heavy (non-hydrogen) atoms. The van der Waals surface area contributed by atoms with Crippen LogP contribution in [0.15, 0.2) is 54.7 Å². The second-order valence-electron chi connectivity index (χ2n) is 8.08. The van der Waals surface area contributed by atoms with Gasteiger partial charge >= 0.3 is 0 Å². The third kappa shape index (κ3) is 6.67. The maximum atomic E-state index is 12.6. The molecule has 1 saturated heterocycles. The molecule has 2 heterocycles. The topological polar surface area (TPSA) is 70.2 Å². The summed E-state index contributed by atoms with van der Waals surface area (Å²) in [5.41, 5.74) is 3.34. The molecular formula is C25H27Cl2N5O. The summed E-state index contributed by atoms with van der Waals surface area (Å²) in [7, 11) is 0. The number of nitrogens with zero attached hydrogens (tertiary/aromatic N) is 3. The third-order valence-electron chi connectivity index (χ3n) is 5.67. The third-order valence-corrected chi connectivity index (χ3v) is 6.41. The highest BCUT2D eigenvalue weighted by atomic mass is 35.5. The number of carbonyl (C=O) groups excluding carboxylic acids is 1. The number of likely N-dealkylation sites (tertiary alicyclic amines) is 1. The predicted molar refractivity (Wildman–Crippen MR) is 134 cm³/mol. The lowest BCUT2D eigenvalue weighted by Crippen LogP contribution is -2.33. The summed E-state index contributed by atoms with van der Waals surface area (Å²) in [4.78, 5) is 23.9. The number of rotatable bonds is 9. The predicted octanol–water partition coefficient (Wildman–Crippen LogP) is 4.93. The number of halogens is 2. The first-order valence-corrected chi connectivity index (χ1v) is 12.0. The van der Waals surface area contributed by atoms with E-state index < -0.39 is 0 Å². The van der Waals surface area contributed by atoms with Crippen molar-refractivity contribution in [2.24, 2.45) is 0 Å². The number of amides is 1. The van der Waals surface area contributed by atoms with Crippen LogP contribution in [0.1, 0.15) is 28.8 Å². The molecule has 1 aliphatic heterocycles. The quantitative estimate of drug-likeness (QED) is 0.451. The molecule has 0 spiro atoms. The first kappa shape index (κ1) is 23.5. The fraction of sp³-hybridized carbons (Fsp3) is 0.320. The van der Waals surface area contributed by atoms with Crippen LogP contribution >= 0.6 is 23.2 Å². The van der Waals surface area contributed by atoms with E-state index in [1.54, 1.807) is 12.3 Å². The van der Waals surface area contributed by atoms with E-state index >= 15 is 0 Å². The zero-order valence-electron chi connectivity index (χ0n) is 18.4. The van der Waals surface area contributed by atoms with Crippen LogP contribution in [0.3, 0.4) is 0 Å². The fourth-order valence-electron chi connectivity index (χ4n) is 3.87. The lowest BCUT2D eigenvalue weighted by atomic mass is 10.1. The number of hydrogen-bond acceptors (Lipinski definition) is 5. The van der Waals surface area contributed by atoms with Crippen LogP contribution < -0.4 is 10.6 Å². The number of anilines is 1. The second-order valence-corrected chi connectivity index (χ2v) is 8.89. The molecule has 0 radical (unpaired) electrons. The lowest BCUT2D eigenvalue weighted by Gasteiger charge is -2.14. The van der Waals surface area contributed by atoms with Crippen molar-refractivity contribution >= 4 is 35.1 Å². The first-order valence-electron chi connectivity index (χ1n) is 11.2. The van der Waals surface area contributed by atoms with Gasteiger partial charge in [0.05, 0.1) is 15.7 Å². The molecule has 1 aromatic heterocycles. The minimum Gasteiger partial charge on any atom is -0.354 e. The van der Waals surface area contributed by atoms with Crippen LogP contribution in [0.5, 0.6) is 0 Å². The maximum Gasteiger partial charge on any atom is 0.251 e. The number of carbonyl (C=O) groups is 1. The van der Waals surface area contributed by atoms with Gasteiger partial charge in [-0.15, -0.1) is 0 Å². The molecule has 1 fully saturated rings. The molecular weight excluding hydrogens is 457 g/mol. The standard InChI is InChI=1S/C25H27Cl2N5O/c26-21-7-6-18(16-22(21)27)8-10-29-25-30-11-9-23(31-25)19-4-3-5-20(17-19)24(33)28-12-15-32-13-1-2-14-32/h3-7,9,11,16-17H,1-2,8,10,12-15H2,(H,28,33)(H,29,30,31). The molecule has 172 valence electrons. The Balaban J connectivity index is 1.34. The highest BCUT2D eigenvalue weighted by Gasteiger charge is 2.12. The monoisotopic (exact) mass is 483 g/mol. The number of nitrogens with one attached hydrogen (secondary N) is 2. The van der Waals surface area contributed by atoms with Crippen LogP contribution in [0.4, 0.5) is 5.95 Å². The van der Waals surface area contributed by atoms with E-state index in [1.165, 1.54) is 12.8 Å². The minimum absolute atomic E-state index is 0.0647. The molecule has 0 bridgehead atoms. The molecule has 1 amide bonds. The number of aromatic nitrogens is 2. The van der Waals surface area contributed by atoms with Gasteiger partial charge in [0.25, 0.3) is 5.91 Å². The van der Waals surface area contributed by atoms with Gasteiger partial charge in [0.1, 0.15) is 0 Å². The minimum atomic E-state index is -0.0647. The van der Waals surface area contributed by atoms with Gasteiger partial charge < -0.3 is 15.5 Å². The Bertz CT molecular complexity index is 1100. The molecule has 2 N–H and O–H groups in total. The average Bonchev–Trinajstić information content (AvgIpc) is 3.35. The molecule has 0 saturated carbocycles. The zero-order chi connectivity index (χ0) is 23.0. The Morgan fingerprint density at radius 1 is 1.00 bits per heavy atom. The summed E-state index contributed by atoms with van der Waals surface area (Å²) < 4.78 is 0. The van der Waals surface area contributed by atoms with E-state index in [-0.39, 0.29) is 5.91 Å². The zero-order valence-corrected chi connectivity index (χ0v) is 19.9. The van der Waals surface area contributed by atoms with Crippen molar-refractivity contribution in [3.05, 3.63) is 75.9 Å². The van der Waals surface area contributed by atoms with E-state index in [1.807, 2.05) is 42.5 Å². The fourth-order valence-corrected chi connectivity index (χ4v) is 4.19. The van der Waals surface area contributed by atoms with Gasteiger partial charge in [-0.3, -0.25) is 4.79 Å². The molecule has 0 unspecified atom stereocenters. The highest BCUT2D eigenvalue weighted by Crippen LogP contribution is 2.23. The maximum absolute atomic E-state index is 12.6. The van der Waals surface area contributed by atoms with E-state index in [0.29, 0.717) is 34.6 Å². The number of benzene rings is 2. The van der Waals surface area contributed by atoms with Crippen molar-refractivity contribution in [1.82, 2.24) is 20.2 Å². The van der Waals surface area contributed by atoms with Crippen LogP contribution in [0, 0.1) is 0 Å². The Morgan fingerprint density at radius 2 is 1.85 bits per heavy atom. The van der Waals surface area contributed by atoms with Crippen molar-refractivity contribution in [1.29, 1.82) is 0 Å². The van der Waals surface area contributed by atoms with Crippen LogP contribution in [-0.4, -0.2) is 53.5 Å². The van der Waals surface area contributed by atoms with Gasteiger partial charge in [-0.25, -0.2) is 9.97 Å². The summed E-state index contributed by atoms with van der Waals surface area (Å²) in [6.07, 6.45) is 4.98. The lowest BCUT2D eigenvalue weighted by molar-refractivity contribution is 0.0950. The van der Waals surface area contributed by atoms with Gasteiger partial charge in [-0.05, 0) is 68.2 Å². The summed E-state index contributed by atoms with van der Waals surface area (Å²) in [5, 5.41) is 7.37. The second kappa shape index (κ2) is 11.5. The smallest absolute Gasteiger partial charge is 0.251 e. The van der Waals surface area contributed by atoms with Crippen molar-refractivity contribution in [2.45, 2.75) is 19.3 Å². The molecule has 2 aromatic carbocycles. The normalized spacial score (nSPS) is 13.8. The molecule has 0 atom stereocenters. The molecule has 3 aromatic rings. The van der Waals surface area contributed by atoms with Crippen molar-refractivity contribution in [2.75, 3.05) is 38.0 Å². The number of hydrogen-bond donors (Lipinski definition) is 2. The Labute approximate surface area is 204 Å². The Morgan fingerprint density at radius 3 is 2.67 bits per heavy atom. The van der Waals surface area contributed by atoms with Gasteiger partial charge in [0.15, 0.2) is 0 Å². The van der Waals surface area contributed by atoms with Crippen molar-refractivity contribution < 1.29 is 4.79 Å². The molecule has 1 aliphatic rings. The Kier molecular flexibility index (Phi) is 8.15.